The number of piperazine rings is 1. The summed E-state index contributed by atoms with van der Waals surface area (Å²) < 4.78 is 27.0. The Kier molecular flexibility index (Phi) is 4.77. The summed E-state index contributed by atoms with van der Waals surface area (Å²) in [5.41, 5.74) is 6.12. The number of hydrogen-bond acceptors (Lipinski definition) is 5. The summed E-state index contributed by atoms with van der Waals surface area (Å²) in [4.78, 5) is 13.6. The number of rotatable bonds is 4. The molecule has 0 aromatic heterocycles. The minimum absolute atomic E-state index is 0.151. The second-order valence-electron chi connectivity index (χ2n) is 5.35. The van der Waals surface area contributed by atoms with Gasteiger partial charge in [-0.2, -0.15) is 4.31 Å². The Bertz CT molecular complexity index is 630. The van der Waals surface area contributed by atoms with Crippen LogP contribution < -0.4 is 5.73 Å². The van der Waals surface area contributed by atoms with Crippen molar-refractivity contribution in [3.63, 3.8) is 0 Å². The highest BCUT2D eigenvalue weighted by atomic mass is 32.2. The molecule has 21 heavy (non-hydrogen) atoms. The molecular weight excluding hydrogens is 290 g/mol. The zero-order valence-corrected chi connectivity index (χ0v) is 13.1. The summed E-state index contributed by atoms with van der Waals surface area (Å²) in [5.74, 6) is -0.152. The van der Waals surface area contributed by atoms with Crippen molar-refractivity contribution in [3.05, 3.63) is 29.8 Å². The highest BCUT2D eigenvalue weighted by Gasteiger charge is 2.34. The van der Waals surface area contributed by atoms with E-state index in [0.29, 0.717) is 25.2 Å². The summed E-state index contributed by atoms with van der Waals surface area (Å²) >= 11 is 0. The highest BCUT2D eigenvalue weighted by Crippen LogP contribution is 2.21. The molecule has 2 N–H and O–H groups in total. The smallest absolute Gasteiger partial charge is 0.243 e. The summed E-state index contributed by atoms with van der Waals surface area (Å²) in [5, 5.41) is 0. The number of carbonyl (C=O) groups excluding carboxylic acids is 1. The molecular formula is C14H21N3O3S. The SMILES string of the molecule is CC(=O)c1cccc(S(=O)(=O)N2CCN(C)CC2CN)c1. The molecule has 6 nitrogen and oxygen atoms in total. The molecule has 0 bridgehead atoms. The van der Waals surface area contributed by atoms with Crippen molar-refractivity contribution in [2.24, 2.45) is 5.73 Å². The normalized spacial score (nSPS) is 21.4. The van der Waals surface area contributed by atoms with Crippen LogP contribution in [0.25, 0.3) is 0 Å². The van der Waals surface area contributed by atoms with Gasteiger partial charge in [-0.1, -0.05) is 12.1 Å². The van der Waals surface area contributed by atoms with Gasteiger partial charge in [-0.05, 0) is 26.1 Å². The van der Waals surface area contributed by atoms with Gasteiger partial charge in [0, 0.05) is 31.7 Å². The summed E-state index contributed by atoms with van der Waals surface area (Å²) in [6.07, 6.45) is 0. The van der Waals surface area contributed by atoms with E-state index in [1.165, 1.54) is 23.4 Å². The van der Waals surface area contributed by atoms with E-state index in [2.05, 4.69) is 4.90 Å². The van der Waals surface area contributed by atoms with Crippen LogP contribution in [0.2, 0.25) is 0 Å². The molecule has 1 saturated heterocycles. The first kappa shape index (κ1) is 16.1. The molecule has 1 atom stereocenters. The van der Waals surface area contributed by atoms with Crippen LogP contribution in [0.4, 0.5) is 0 Å². The third-order valence-corrected chi connectivity index (χ3v) is 5.70. The quantitative estimate of drug-likeness (QED) is 0.800. The van der Waals surface area contributed by atoms with Gasteiger partial charge in [-0.25, -0.2) is 8.42 Å². The standard InChI is InChI=1S/C14H21N3O3S/c1-11(18)12-4-3-5-14(8-12)21(19,20)17-7-6-16(2)10-13(17)9-15/h3-5,8,13H,6-7,9-10,15H2,1-2H3. The van der Waals surface area contributed by atoms with Crippen molar-refractivity contribution in [2.75, 3.05) is 33.2 Å². The van der Waals surface area contributed by atoms with E-state index in [9.17, 15) is 13.2 Å². The first-order valence-electron chi connectivity index (χ1n) is 6.87. The Balaban J connectivity index is 2.37. The first-order valence-corrected chi connectivity index (χ1v) is 8.31. The van der Waals surface area contributed by atoms with E-state index < -0.39 is 10.0 Å². The van der Waals surface area contributed by atoms with Gasteiger partial charge in [0.2, 0.25) is 10.0 Å². The predicted molar refractivity (Wildman–Crippen MR) is 80.7 cm³/mol. The Morgan fingerprint density at radius 3 is 2.71 bits per heavy atom. The lowest BCUT2D eigenvalue weighted by atomic mass is 10.2. The molecule has 1 unspecified atom stereocenters. The zero-order valence-electron chi connectivity index (χ0n) is 12.3. The van der Waals surface area contributed by atoms with Crippen molar-refractivity contribution in [2.45, 2.75) is 17.9 Å². The van der Waals surface area contributed by atoms with Gasteiger partial charge >= 0.3 is 0 Å². The fourth-order valence-corrected chi connectivity index (χ4v) is 4.18. The number of ketones is 1. The average molecular weight is 311 g/mol. The summed E-state index contributed by atoms with van der Waals surface area (Å²) in [6.45, 7) is 3.38. The lowest BCUT2D eigenvalue weighted by molar-refractivity contribution is 0.101. The van der Waals surface area contributed by atoms with Crippen LogP contribution >= 0.6 is 0 Å². The Morgan fingerprint density at radius 2 is 2.10 bits per heavy atom. The van der Waals surface area contributed by atoms with Crippen molar-refractivity contribution >= 4 is 15.8 Å². The molecule has 7 heteroatoms. The number of nitrogens with two attached hydrogens (primary N) is 1. The summed E-state index contributed by atoms with van der Waals surface area (Å²) in [6, 6.07) is 5.93. The van der Waals surface area contributed by atoms with Gasteiger partial charge in [0.15, 0.2) is 5.78 Å². The number of likely N-dealkylation sites (N-methyl/N-ethyl adjacent to an activating group) is 1. The van der Waals surface area contributed by atoms with Gasteiger partial charge < -0.3 is 10.6 Å². The Morgan fingerprint density at radius 1 is 1.38 bits per heavy atom. The van der Waals surface area contributed by atoms with E-state index in [1.807, 2.05) is 7.05 Å². The largest absolute Gasteiger partial charge is 0.329 e. The van der Waals surface area contributed by atoms with Crippen LogP contribution in [0.15, 0.2) is 29.2 Å². The lowest BCUT2D eigenvalue weighted by Crippen LogP contribution is -2.56. The van der Waals surface area contributed by atoms with Gasteiger partial charge in [0.25, 0.3) is 0 Å². The second-order valence-corrected chi connectivity index (χ2v) is 7.24. The molecule has 1 aromatic carbocycles. The number of hydrogen-bond donors (Lipinski definition) is 1. The molecule has 2 rings (SSSR count). The topological polar surface area (TPSA) is 83.7 Å². The van der Waals surface area contributed by atoms with Gasteiger partial charge in [-0.15, -0.1) is 0 Å². The molecule has 116 valence electrons. The summed E-state index contributed by atoms with van der Waals surface area (Å²) in [7, 11) is -1.68. The van der Waals surface area contributed by atoms with Gasteiger partial charge in [-0.3, -0.25) is 4.79 Å². The van der Waals surface area contributed by atoms with Crippen LogP contribution in [-0.4, -0.2) is 62.7 Å². The van der Waals surface area contributed by atoms with E-state index >= 15 is 0 Å². The third kappa shape index (κ3) is 3.32. The maximum absolute atomic E-state index is 12.8. The van der Waals surface area contributed by atoms with Crippen molar-refractivity contribution in [1.82, 2.24) is 9.21 Å². The minimum Gasteiger partial charge on any atom is -0.329 e. The Labute approximate surface area is 125 Å². The maximum atomic E-state index is 12.8. The number of sulfonamides is 1. The van der Waals surface area contributed by atoms with E-state index in [-0.39, 0.29) is 23.3 Å². The van der Waals surface area contributed by atoms with E-state index in [4.69, 9.17) is 5.73 Å². The average Bonchev–Trinajstić information content (AvgIpc) is 2.46. The van der Waals surface area contributed by atoms with Crippen molar-refractivity contribution in [3.8, 4) is 0 Å². The molecule has 1 aliphatic heterocycles. The number of carbonyl (C=O) groups is 1. The van der Waals surface area contributed by atoms with Crippen molar-refractivity contribution in [1.29, 1.82) is 0 Å². The molecule has 0 aliphatic carbocycles. The fourth-order valence-electron chi connectivity index (χ4n) is 2.51. The molecule has 0 amide bonds. The van der Waals surface area contributed by atoms with Crippen LogP contribution in [0.5, 0.6) is 0 Å². The first-order chi connectivity index (χ1) is 9.86. The van der Waals surface area contributed by atoms with Gasteiger partial charge in [0.05, 0.1) is 10.9 Å². The molecule has 0 radical (unpaired) electrons. The van der Waals surface area contributed by atoms with Gasteiger partial charge in [0.1, 0.15) is 0 Å². The molecule has 1 aliphatic rings. The monoisotopic (exact) mass is 311 g/mol. The minimum atomic E-state index is -3.63. The predicted octanol–water partition coefficient (Wildman–Crippen LogP) is 0.153. The molecule has 1 heterocycles. The van der Waals surface area contributed by atoms with Crippen LogP contribution in [0.3, 0.4) is 0 Å². The van der Waals surface area contributed by atoms with Crippen molar-refractivity contribution < 1.29 is 13.2 Å². The van der Waals surface area contributed by atoms with E-state index in [1.54, 1.807) is 12.1 Å². The number of benzene rings is 1. The van der Waals surface area contributed by atoms with Crippen LogP contribution in [-0.2, 0) is 10.0 Å². The number of Topliss-reactive ketones (excluding diaryl/α,β-unsaturated/α-hetero) is 1. The van der Waals surface area contributed by atoms with Crippen LogP contribution in [0, 0.1) is 0 Å². The molecule has 1 aromatic rings. The molecule has 0 spiro atoms. The molecule has 1 fully saturated rings. The van der Waals surface area contributed by atoms with Crippen LogP contribution in [0.1, 0.15) is 17.3 Å². The highest BCUT2D eigenvalue weighted by molar-refractivity contribution is 7.89. The second kappa shape index (κ2) is 6.23. The number of nitrogens with zero attached hydrogens (tertiary/aromatic N) is 2. The lowest BCUT2D eigenvalue weighted by Gasteiger charge is -2.38. The molecule has 0 saturated carbocycles. The zero-order chi connectivity index (χ0) is 15.6. The third-order valence-electron chi connectivity index (χ3n) is 3.75. The van der Waals surface area contributed by atoms with E-state index in [0.717, 1.165) is 0 Å². The fraction of sp³-hybridized carbons (Fsp3) is 0.500. The maximum Gasteiger partial charge on any atom is 0.243 e. The Hall–Kier alpha value is -1.28.